The molecule has 0 radical (unpaired) electrons. The van der Waals surface area contributed by atoms with Crippen molar-refractivity contribution in [2.75, 3.05) is 7.11 Å². The summed E-state index contributed by atoms with van der Waals surface area (Å²) in [6.45, 7) is 0. The lowest BCUT2D eigenvalue weighted by molar-refractivity contribution is 0.414. The zero-order chi connectivity index (χ0) is 15.9. The molecule has 0 aliphatic heterocycles. The van der Waals surface area contributed by atoms with E-state index in [1.807, 2.05) is 0 Å². The summed E-state index contributed by atoms with van der Waals surface area (Å²) in [6, 6.07) is 19.5. The molecular formula is C22H26O. The van der Waals surface area contributed by atoms with E-state index in [1.54, 1.807) is 12.7 Å². The molecule has 120 valence electrons. The Hall–Kier alpha value is -2.02. The minimum absolute atomic E-state index is 0.617. The Labute approximate surface area is 140 Å². The van der Waals surface area contributed by atoms with E-state index in [0.29, 0.717) is 5.92 Å². The van der Waals surface area contributed by atoms with Crippen LogP contribution in [0.5, 0.6) is 5.75 Å². The number of ether oxygens (including phenoxy) is 1. The van der Waals surface area contributed by atoms with Gasteiger partial charge >= 0.3 is 0 Å². The summed E-state index contributed by atoms with van der Waals surface area (Å²) >= 11 is 0. The quantitative estimate of drug-likeness (QED) is 0.683. The molecule has 0 aromatic heterocycles. The second-order valence-electron chi connectivity index (χ2n) is 6.41. The van der Waals surface area contributed by atoms with Crippen LogP contribution in [-0.4, -0.2) is 7.11 Å². The number of methoxy groups -OCH3 is 1. The summed E-state index contributed by atoms with van der Waals surface area (Å²) in [6.07, 6.45) is 10.1. The lowest BCUT2D eigenvalue weighted by atomic mass is 9.81. The molecule has 1 atom stereocenters. The van der Waals surface area contributed by atoms with E-state index >= 15 is 0 Å². The second kappa shape index (κ2) is 8.01. The lowest BCUT2D eigenvalue weighted by Crippen LogP contribution is -2.09. The molecule has 0 saturated carbocycles. The monoisotopic (exact) mass is 306 g/mol. The number of hydrogen-bond donors (Lipinski definition) is 0. The van der Waals surface area contributed by atoms with Crippen molar-refractivity contribution < 1.29 is 4.74 Å². The number of allylic oxidation sites excluding steroid dienone is 2. The van der Waals surface area contributed by atoms with Crippen LogP contribution in [0.3, 0.4) is 0 Å². The molecule has 0 fully saturated rings. The maximum absolute atomic E-state index is 5.27. The third-order valence-corrected chi connectivity index (χ3v) is 4.81. The van der Waals surface area contributed by atoms with Gasteiger partial charge in [0, 0.05) is 0 Å². The fourth-order valence-corrected chi connectivity index (χ4v) is 3.53. The molecule has 2 aromatic carbocycles. The molecule has 0 N–H and O–H groups in total. The van der Waals surface area contributed by atoms with Gasteiger partial charge in [-0.25, -0.2) is 0 Å². The van der Waals surface area contributed by atoms with Gasteiger partial charge in [0.25, 0.3) is 0 Å². The molecular weight excluding hydrogens is 280 g/mol. The van der Waals surface area contributed by atoms with Crippen LogP contribution in [0.4, 0.5) is 0 Å². The second-order valence-corrected chi connectivity index (χ2v) is 6.41. The van der Waals surface area contributed by atoms with Gasteiger partial charge in [0.15, 0.2) is 0 Å². The van der Waals surface area contributed by atoms with E-state index in [1.165, 1.54) is 43.2 Å². The van der Waals surface area contributed by atoms with Gasteiger partial charge in [0.05, 0.1) is 7.11 Å². The van der Waals surface area contributed by atoms with Crippen molar-refractivity contribution in [3.63, 3.8) is 0 Å². The van der Waals surface area contributed by atoms with Gasteiger partial charge in [-0.2, -0.15) is 0 Å². The molecule has 1 nitrogen and oxygen atoms in total. The molecule has 0 amide bonds. The summed E-state index contributed by atoms with van der Waals surface area (Å²) in [5, 5.41) is 0. The van der Waals surface area contributed by atoms with Gasteiger partial charge in [-0.15, -0.1) is 0 Å². The SMILES string of the molecule is COc1ccc(CC2CCCCC/C=C\2c2ccccc2)cc1. The Kier molecular flexibility index (Phi) is 5.52. The maximum atomic E-state index is 5.27. The van der Waals surface area contributed by atoms with Gasteiger partial charge < -0.3 is 4.74 Å². The third-order valence-electron chi connectivity index (χ3n) is 4.81. The first-order valence-corrected chi connectivity index (χ1v) is 8.75. The van der Waals surface area contributed by atoms with Crippen molar-refractivity contribution in [1.29, 1.82) is 0 Å². The van der Waals surface area contributed by atoms with Gasteiger partial charge in [-0.05, 0) is 60.4 Å². The Balaban J connectivity index is 1.84. The molecule has 1 unspecified atom stereocenters. The van der Waals surface area contributed by atoms with Crippen molar-refractivity contribution >= 4 is 5.57 Å². The highest BCUT2D eigenvalue weighted by atomic mass is 16.5. The standard InChI is InChI=1S/C22H26O/c1-23-21-15-13-18(14-16-21)17-20-11-5-2-3-8-12-22(20)19-9-6-4-7-10-19/h4,6-7,9-10,12-16,20H,2-3,5,8,11,17H2,1H3/b22-12-. The Bertz CT molecular complexity index is 625. The van der Waals surface area contributed by atoms with Crippen LogP contribution >= 0.6 is 0 Å². The van der Waals surface area contributed by atoms with Crippen LogP contribution in [0.15, 0.2) is 60.7 Å². The Morgan fingerprint density at radius 1 is 0.913 bits per heavy atom. The molecule has 0 bridgehead atoms. The first-order chi connectivity index (χ1) is 11.4. The molecule has 0 saturated heterocycles. The van der Waals surface area contributed by atoms with Crippen molar-refractivity contribution in [2.45, 2.75) is 38.5 Å². The highest BCUT2D eigenvalue weighted by Crippen LogP contribution is 2.33. The first kappa shape index (κ1) is 15.9. The average Bonchev–Trinajstić information content (AvgIpc) is 2.59. The maximum Gasteiger partial charge on any atom is 0.118 e. The number of rotatable bonds is 4. The van der Waals surface area contributed by atoms with Gasteiger partial charge in [0.1, 0.15) is 5.75 Å². The molecule has 0 spiro atoms. The minimum atomic E-state index is 0.617. The average molecular weight is 306 g/mol. The van der Waals surface area contributed by atoms with Crippen LogP contribution in [0.2, 0.25) is 0 Å². The van der Waals surface area contributed by atoms with Crippen molar-refractivity contribution in [3.8, 4) is 5.75 Å². The summed E-state index contributed by atoms with van der Waals surface area (Å²) in [5.74, 6) is 1.55. The topological polar surface area (TPSA) is 9.23 Å². The number of benzene rings is 2. The smallest absolute Gasteiger partial charge is 0.118 e. The molecule has 23 heavy (non-hydrogen) atoms. The largest absolute Gasteiger partial charge is 0.497 e. The Morgan fingerprint density at radius 3 is 2.43 bits per heavy atom. The normalized spacial score (nSPS) is 20.9. The van der Waals surface area contributed by atoms with E-state index in [9.17, 15) is 0 Å². The molecule has 2 aromatic rings. The van der Waals surface area contributed by atoms with Crippen LogP contribution in [0, 0.1) is 5.92 Å². The van der Waals surface area contributed by atoms with Gasteiger partial charge in [0.2, 0.25) is 0 Å². The van der Waals surface area contributed by atoms with Crippen LogP contribution < -0.4 is 4.74 Å². The molecule has 0 heterocycles. The fraction of sp³-hybridized carbons (Fsp3) is 0.364. The summed E-state index contributed by atoms with van der Waals surface area (Å²) in [5.41, 5.74) is 4.34. The first-order valence-electron chi connectivity index (χ1n) is 8.75. The van der Waals surface area contributed by atoms with E-state index in [-0.39, 0.29) is 0 Å². The van der Waals surface area contributed by atoms with E-state index < -0.39 is 0 Å². The third kappa shape index (κ3) is 4.25. The van der Waals surface area contributed by atoms with Crippen molar-refractivity contribution in [1.82, 2.24) is 0 Å². The van der Waals surface area contributed by atoms with E-state index in [4.69, 9.17) is 4.74 Å². The molecule has 1 heteroatoms. The molecule has 1 aliphatic carbocycles. The fourth-order valence-electron chi connectivity index (χ4n) is 3.53. The Morgan fingerprint density at radius 2 is 1.70 bits per heavy atom. The summed E-state index contributed by atoms with van der Waals surface area (Å²) in [4.78, 5) is 0. The zero-order valence-corrected chi connectivity index (χ0v) is 14.0. The summed E-state index contributed by atoms with van der Waals surface area (Å²) in [7, 11) is 1.72. The van der Waals surface area contributed by atoms with Gasteiger partial charge in [-0.3, -0.25) is 0 Å². The van der Waals surface area contributed by atoms with Crippen LogP contribution in [-0.2, 0) is 6.42 Å². The number of hydrogen-bond acceptors (Lipinski definition) is 1. The van der Waals surface area contributed by atoms with Crippen molar-refractivity contribution in [3.05, 3.63) is 71.8 Å². The van der Waals surface area contributed by atoms with E-state index in [2.05, 4.69) is 60.7 Å². The highest BCUT2D eigenvalue weighted by molar-refractivity contribution is 5.67. The van der Waals surface area contributed by atoms with Crippen LogP contribution in [0.1, 0.15) is 43.2 Å². The zero-order valence-electron chi connectivity index (χ0n) is 14.0. The lowest BCUT2D eigenvalue weighted by Gasteiger charge is -2.23. The minimum Gasteiger partial charge on any atom is -0.497 e. The molecule has 1 aliphatic rings. The predicted octanol–water partition coefficient (Wildman–Crippen LogP) is 5.90. The predicted molar refractivity (Wildman–Crippen MR) is 97.7 cm³/mol. The van der Waals surface area contributed by atoms with E-state index in [0.717, 1.165) is 12.2 Å². The highest BCUT2D eigenvalue weighted by Gasteiger charge is 2.18. The summed E-state index contributed by atoms with van der Waals surface area (Å²) < 4.78 is 5.27. The molecule has 3 rings (SSSR count). The van der Waals surface area contributed by atoms with Crippen molar-refractivity contribution in [2.24, 2.45) is 5.92 Å². The van der Waals surface area contributed by atoms with Crippen LogP contribution in [0.25, 0.3) is 5.57 Å². The van der Waals surface area contributed by atoms with Gasteiger partial charge in [-0.1, -0.05) is 61.4 Å².